The Morgan fingerprint density at radius 2 is 1.58 bits per heavy atom. The van der Waals surface area contributed by atoms with Crippen LogP contribution in [0.4, 0.5) is 0 Å². The Kier molecular flexibility index (Phi) is 9.24. The van der Waals surface area contributed by atoms with Gasteiger partial charge in [-0.05, 0) is 41.3 Å². The number of methoxy groups -OCH3 is 3. The van der Waals surface area contributed by atoms with E-state index in [1.807, 2.05) is 60.8 Å². The maximum Gasteiger partial charge on any atom is 0.249 e. The van der Waals surface area contributed by atoms with Crippen LogP contribution in [0.15, 0.2) is 72.9 Å². The lowest BCUT2D eigenvalue weighted by Crippen LogP contribution is -2.46. The van der Waals surface area contributed by atoms with Crippen LogP contribution < -0.4 is 19.5 Å². The first kappa shape index (κ1) is 27.0. The van der Waals surface area contributed by atoms with Crippen LogP contribution in [0.2, 0.25) is 0 Å². The van der Waals surface area contributed by atoms with E-state index >= 15 is 0 Å². The Morgan fingerprint density at radius 1 is 0.895 bits per heavy atom. The number of aromatic nitrogens is 1. The van der Waals surface area contributed by atoms with Crippen molar-refractivity contribution in [3.8, 4) is 17.2 Å². The van der Waals surface area contributed by atoms with Crippen molar-refractivity contribution in [3.05, 3.63) is 89.6 Å². The van der Waals surface area contributed by atoms with E-state index in [4.69, 9.17) is 18.9 Å². The average molecular weight is 519 g/mol. The van der Waals surface area contributed by atoms with Gasteiger partial charge in [-0.25, -0.2) is 0 Å². The first-order valence-corrected chi connectivity index (χ1v) is 12.5. The zero-order chi connectivity index (χ0) is 26.9. The lowest BCUT2D eigenvalue weighted by Gasteiger charge is -2.22. The summed E-state index contributed by atoms with van der Waals surface area (Å²) in [6.07, 6.45) is 2.00. The molecule has 0 aliphatic rings. The number of aliphatic hydroxyl groups is 1. The zero-order valence-electron chi connectivity index (χ0n) is 21.9. The standard InChI is InChI=1S/C30H34N2O6/c1-35-26-14-21(15-27(36-2)29(26)37-3)19-38-28(13-20-9-5-4-6-10-20)30(34)32-23(18-33)16-22-17-31-25-12-8-7-11-24(22)25/h4-12,14-15,17,23,28,31,33H,13,16,18-19H2,1-3H3,(H,32,34). The van der Waals surface area contributed by atoms with E-state index < -0.39 is 12.1 Å². The third-order valence-electron chi connectivity index (χ3n) is 6.44. The molecule has 3 N–H and O–H groups in total. The van der Waals surface area contributed by atoms with Crippen molar-refractivity contribution < 1.29 is 28.8 Å². The van der Waals surface area contributed by atoms with Crippen molar-refractivity contribution in [2.24, 2.45) is 0 Å². The molecule has 38 heavy (non-hydrogen) atoms. The highest BCUT2D eigenvalue weighted by molar-refractivity contribution is 5.84. The first-order chi connectivity index (χ1) is 18.6. The van der Waals surface area contributed by atoms with Crippen LogP contribution in [-0.2, 0) is 29.0 Å². The summed E-state index contributed by atoms with van der Waals surface area (Å²) >= 11 is 0. The van der Waals surface area contributed by atoms with Crippen LogP contribution in [0, 0.1) is 0 Å². The molecule has 0 bridgehead atoms. The molecule has 8 heteroatoms. The molecule has 2 atom stereocenters. The average Bonchev–Trinajstić information content (AvgIpc) is 3.37. The smallest absolute Gasteiger partial charge is 0.249 e. The predicted molar refractivity (Wildman–Crippen MR) is 146 cm³/mol. The molecule has 8 nitrogen and oxygen atoms in total. The van der Waals surface area contributed by atoms with Gasteiger partial charge in [-0.1, -0.05) is 48.5 Å². The van der Waals surface area contributed by atoms with Crippen molar-refractivity contribution >= 4 is 16.8 Å². The molecule has 0 saturated carbocycles. The molecule has 0 saturated heterocycles. The van der Waals surface area contributed by atoms with Gasteiger partial charge in [-0.2, -0.15) is 0 Å². The summed E-state index contributed by atoms with van der Waals surface area (Å²) in [7, 11) is 4.65. The number of carbonyl (C=O) groups excluding carboxylic acids is 1. The number of H-pyrrole nitrogens is 1. The Balaban J connectivity index is 1.51. The van der Waals surface area contributed by atoms with Crippen LogP contribution in [0.25, 0.3) is 10.9 Å². The van der Waals surface area contributed by atoms with E-state index in [1.165, 1.54) is 0 Å². The highest BCUT2D eigenvalue weighted by Crippen LogP contribution is 2.38. The maximum atomic E-state index is 13.5. The number of para-hydroxylation sites is 1. The highest BCUT2D eigenvalue weighted by Gasteiger charge is 2.24. The van der Waals surface area contributed by atoms with Gasteiger partial charge in [0.1, 0.15) is 6.10 Å². The van der Waals surface area contributed by atoms with Crippen LogP contribution in [0.3, 0.4) is 0 Å². The number of amides is 1. The fraction of sp³-hybridized carbons (Fsp3) is 0.300. The summed E-state index contributed by atoms with van der Waals surface area (Å²) in [4.78, 5) is 16.7. The molecule has 4 aromatic rings. The van der Waals surface area contributed by atoms with E-state index in [-0.39, 0.29) is 19.1 Å². The third kappa shape index (κ3) is 6.45. The predicted octanol–water partition coefficient (Wildman–Crippen LogP) is 4.04. The zero-order valence-corrected chi connectivity index (χ0v) is 21.9. The van der Waals surface area contributed by atoms with E-state index in [0.29, 0.717) is 30.1 Å². The molecular formula is C30H34N2O6. The van der Waals surface area contributed by atoms with Crippen LogP contribution >= 0.6 is 0 Å². The monoisotopic (exact) mass is 518 g/mol. The molecule has 3 aromatic carbocycles. The molecule has 4 rings (SSSR count). The molecule has 0 spiro atoms. The lowest BCUT2D eigenvalue weighted by molar-refractivity contribution is -0.134. The van der Waals surface area contributed by atoms with Crippen LogP contribution in [-0.4, -0.2) is 56.1 Å². The number of aromatic amines is 1. The second-order valence-electron chi connectivity index (χ2n) is 8.97. The van der Waals surface area contributed by atoms with Crippen molar-refractivity contribution in [1.82, 2.24) is 10.3 Å². The van der Waals surface area contributed by atoms with Crippen LogP contribution in [0.5, 0.6) is 17.2 Å². The van der Waals surface area contributed by atoms with Crippen molar-refractivity contribution in [2.75, 3.05) is 27.9 Å². The van der Waals surface area contributed by atoms with Gasteiger partial charge in [0.05, 0.1) is 40.6 Å². The number of hydrogen-bond acceptors (Lipinski definition) is 6. The Morgan fingerprint density at radius 3 is 2.24 bits per heavy atom. The molecule has 200 valence electrons. The van der Waals surface area contributed by atoms with Gasteiger partial charge in [0.2, 0.25) is 11.7 Å². The SMILES string of the molecule is COc1cc(COC(Cc2ccccc2)C(=O)NC(CO)Cc2c[nH]c3ccccc23)cc(OC)c1OC. The van der Waals surface area contributed by atoms with E-state index in [9.17, 15) is 9.90 Å². The number of fused-ring (bicyclic) bond motifs is 1. The van der Waals surface area contributed by atoms with Gasteiger partial charge in [0.15, 0.2) is 11.5 Å². The second-order valence-corrected chi connectivity index (χ2v) is 8.97. The first-order valence-electron chi connectivity index (χ1n) is 12.5. The Hall–Kier alpha value is -4.01. The number of ether oxygens (including phenoxy) is 4. The van der Waals surface area contributed by atoms with Gasteiger partial charge in [0, 0.05) is 23.5 Å². The van der Waals surface area contributed by atoms with E-state index in [1.54, 1.807) is 33.5 Å². The summed E-state index contributed by atoms with van der Waals surface area (Å²) < 4.78 is 22.5. The minimum atomic E-state index is -0.784. The topological polar surface area (TPSA) is 102 Å². The summed E-state index contributed by atoms with van der Waals surface area (Å²) in [6.45, 7) is -0.0515. The number of aliphatic hydroxyl groups excluding tert-OH is 1. The minimum Gasteiger partial charge on any atom is -0.493 e. The third-order valence-corrected chi connectivity index (χ3v) is 6.44. The Labute approximate surface area is 222 Å². The largest absolute Gasteiger partial charge is 0.493 e. The summed E-state index contributed by atoms with van der Waals surface area (Å²) in [5.41, 5.74) is 3.77. The van der Waals surface area contributed by atoms with Gasteiger partial charge in [-0.15, -0.1) is 0 Å². The highest BCUT2D eigenvalue weighted by atomic mass is 16.5. The Bertz CT molecular complexity index is 1310. The molecule has 1 aromatic heterocycles. The number of rotatable bonds is 13. The molecule has 0 fully saturated rings. The van der Waals surface area contributed by atoms with E-state index in [2.05, 4.69) is 10.3 Å². The van der Waals surface area contributed by atoms with Crippen molar-refractivity contribution in [3.63, 3.8) is 0 Å². The molecule has 0 aliphatic heterocycles. The number of carbonyl (C=O) groups is 1. The fourth-order valence-electron chi connectivity index (χ4n) is 4.49. The van der Waals surface area contributed by atoms with Crippen LogP contribution in [0.1, 0.15) is 16.7 Å². The molecule has 1 heterocycles. The van der Waals surface area contributed by atoms with Gasteiger partial charge in [0.25, 0.3) is 0 Å². The van der Waals surface area contributed by atoms with Crippen molar-refractivity contribution in [1.29, 1.82) is 0 Å². The number of nitrogens with one attached hydrogen (secondary N) is 2. The second kappa shape index (κ2) is 13.0. The lowest BCUT2D eigenvalue weighted by atomic mass is 10.0. The summed E-state index contributed by atoms with van der Waals surface area (Å²) in [5.74, 6) is 1.21. The molecule has 1 amide bonds. The molecule has 0 aliphatic carbocycles. The molecular weight excluding hydrogens is 484 g/mol. The fourth-order valence-corrected chi connectivity index (χ4v) is 4.49. The minimum absolute atomic E-state index is 0.147. The van der Waals surface area contributed by atoms with Gasteiger partial charge >= 0.3 is 0 Å². The van der Waals surface area contributed by atoms with E-state index in [0.717, 1.165) is 27.6 Å². The maximum absolute atomic E-state index is 13.5. The number of benzene rings is 3. The summed E-state index contributed by atoms with van der Waals surface area (Å²) in [5, 5.41) is 14.1. The quantitative estimate of drug-likeness (QED) is 0.247. The molecule has 2 unspecified atom stereocenters. The summed E-state index contributed by atoms with van der Waals surface area (Å²) in [6, 6.07) is 20.8. The number of hydrogen-bond donors (Lipinski definition) is 3. The van der Waals surface area contributed by atoms with Gasteiger partial charge in [-0.3, -0.25) is 4.79 Å². The van der Waals surface area contributed by atoms with Crippen molar-refractivity contribution in [2.45, 2.75) is 31.6 Å². The molecule has 0 radical (unpaired) electrons. The normalized spacial score (nSPS) is 12.6. The van der Waals surface area contributed by atoms with Gasteiger partial charge < -0.3 is 34.4 Å².